The van der Waals surface area contributed by atoms with E-state index in [1.54, 1.807) is 6.07 Å². The average Bonchev–Trinajstić information content (AvgIpc) is 2.44. The largest absolute Gasteiger partial charge is 0.490 e. The third-order valence-corrected chi connectivity index (χ3v) is 4.08. The van der Waals surface area contributed by atoms with E-state index in [-0.39, 0.29) is 5.82 Å². The van der Waals surface area contributed by atoms with Gasteiger partial charge in [0.15, 0.2) is 11.6 Å². The summed E-state index contributed by atoms with van der Waals surface area (Å²) in [7, 11) is 2.16. The van der Waals surface area contributed by atoms with E-state index >= 15 is 0 Å². The zero-order valence-electron chi connectivity index (χ0n) is 12.3. The SMILES string of the molecule is CN1CCCCC1CCOc1c(F)cccc1CCN. The summed E-state index contributed by atoms with van der Waals surface area (Å²) in [5, 5.41) is 0. The standard InChI is InChI=1S/C16H25FN2O/c1-19-11-3-2-6-14(19)9-12-20-16-13(8-10-18)5-4-7-15(16)17/h4-5,7,14H,2-3,6,8-12,18H2,1H3. The summed E-state index contributed by atoms with van der Waals surface area (Å²) in [6, 6.07) is 5.61. The highest BCUT2D eigenvalue weighted by Crippen LogP contribution is 2.24. The van der Waals surface area contributed by atoms with Gasteiger partial charge in [0.2, 0.25) is 0 Å². The predicted octanol–water partition coefficient (Wildman–Crippen LogP) is 2.58. The number of nitrogens with two attached hydrogens (primary N) is 1. The van der Waals surface area contributed by atoms with Gasteiger partial charge >= 0.3 is 0 Å². The molecule has 0 aliphatic carbocycles. The molecule has 0 radical (unpaired) electrons. The Morgan fingerprint density at radius 2 is 2.25 bits per heavy atom. The maximum atomic E-state index is 13.8. The van der Waals surface area contributed by atoms with E-state index in [0.717, 1.165) is 18.5 Å². The van der Waals surface area contributed by atoms with Crippen molar-refractivity contribution in [3.8, 4) is 5.75 Å². The van der Waals surface area contributed by atoms with Gasteiger partial charge in [-0.05, 0) is 57.5 Å². The second-order valence-electron chi connectivity index (χ2n) is 5.53. The van der Waals surface area contributed by atoms with Crippen LogP contribution < -0.4 is 10.5 Å². The molecule has 1 aromatic rings. The number of rotatable bonds is 6. The summed E-state index contributed by atoms with van der Waals surface area (Å²) in [5.41, 5.74) is 6.42. The lowest BCUT2D eigenvalue weighted by molar-refractivity contribution is 0.151. The predicted molar refractivity (Wildman–Crippen MR) is 79.5 cm³/mol. The molecule has 1 aromatic carbocycles. The van der Waals surface area contributed by atoms with Crippen LogP contribution >= 0.6 is 0 Å². The molecule has 0 bridgehead atoms. The molecule has 3 nitrogen and oxygen atoms in total. The second-order valence-corrected chi connectivity index (χ2v) is 5.53. The third-order valence-electron chi connectivity index (χ3n) is 4.08. The molecular weight excluding hydrogens is 255 g/mol. The first kappa shape index (κ1) is 15.3. The van der Waals surface area contributed by atoms with E-state index in [1.165, 1.54) is 25.3 Å². The molecular formula is C16H25FN2O. The first-order valence-corrected chi connectivity index (χ1v) is 7.53. The highest BCUT2D eigenvalue weighted by Gasteiger charge is 2.19. The van der Waals surface area contributed by atoms with Crippen LogP contribution in [0.4, 0.5) is 4.39 Å². The van der Waals surface area contributed by atoms with E-state index in [0.29, 0.717) is 31.4 Å². The molecule has 4 heteroatoms. The molecule has 0 amide bonds. The number of para-hydroxylation sites is 1. The van der Waals surface area contributed by atoms with Crippen molar-refractivity contribution in [3.05, 3.63) is 29.6 Å². The van der Waals surface area contributed by atoms with Crippen LogP contribution in [0.3, 0.4) is 0 Å². The summed E-state index contributed by atoms with van der Waals surface area (Å²) in [6.07, 6.45) is 5.38. The number of halogens is 1. The van der Waals surface area contributed by atoms with Crippen LogP contribution in [-0.2, 0) is 6.42 Å². The number of hydrogen-bond acceptors (Lipinski definition) is 3. The first-order valence-electron chi connectivity index (χ1n) is 7.53. The molecule has 2 rings (SSSR count). The smallest absolute Gasteiger partial charge is 0.165 e. The molecule has 1 aliphatic heterocycles. The number of benzene rings is 1. The van der Waals surface area contributed by atoms with Crippen molar-refractivity contribution in [3.63, 3.8) is 0 Å². The van der Waals surface area contributed by atoms with Crippen LogP contribution in [0.15, 0.2) is 18.2 Å². The van der Waals surface area contributed by atoms with Crippen LogP contribution in [0.1, 0.15) is 31.2 Å². The van der Waals surface area contributed by atoms with Crippen LogP contribution in [0.5, 0.6) is 5.75 Å². The minimum Gasteiger partial charge on any atom is -0.490 e. The fourth-order valence-electron chi connectivity index (χ4n) is 2.87. The summed E-state index contributed by atoms with van der Waals surface area (Å²) in [4.78, 5) is 2.38. The van der Waals surface area contributed by atoms with Gasteiger partial charge in [0.05, 0.1) is 6.61 Å². The monoisotopic (exact) mass is 280 g/mol. The number of hydrogen-bond donors (Lipinski definition) is 1. The van der Waals surface area contributed by atoms with Crippen molar-refractivity contribution in [1.82, 2.24) is 4.90 Å². The van der Waals surface area contributed by atoms with E-state index in [2.05, 4.69) is 11.9 Å². The van der Waals surface area contributed by atoms with E-state index < -0.39 is 0 Å². The van der Waals surface area contributed by atoms with Crippen LogP contribution in [0, 0.1) is 5.82 Å². The number of ether oxygens (including phenoxy) is 1. The maximum Gasteiger partial charge on any atom is 0.165 e. The van der Waals surface area contributed by atoms with Gasteiger partial charge in [-0.15, -0.1) is 0 Å². The zero-order valence-corrected chi connectivity index (χ0v) is 12.3. The number of nitrogens with zero attached hydrogens (tertiary/aromatic N) is 1. The van der Waals surface area contributed by atoms with Crippen molar-refractivity contribution >= 4 is 0 Å². The normalized spacial score (nSPS) is 20.1. The highest BCUT2D eigenvalue weighted by molar-refractivity contribution is 5.35. The molecule has 1 unspecified atom stereocenters. The fraction of sp³-hybridized carbons (Fsp3) is 0.625. The van der Waals surface area contributed by atoms with Gasteiger partial charge in [0.1, 0.15) is 0 Å². The van der Waals surface area contributed by atoms with Gasteiger partial charge in [-0.25, -0.2) is 4.39 Å². The highest BCUT2D eigenvalue weighted by atomic mass is 19.1. The van der Waals surface area contributed by atoms with Crippen molar-refractivity contribution in [1.29, 1.82) is 0 Å². The molecule has 1 atom stereocenters. The Morgan fingerprint density at radius 1 is 1.40 bits per heavy atom. The lowest BCUT2D eigenvalue weighted by atomic mass is 10.0. The van der Waals surface area contributed by atoms with Crippen molar-refractivity contribution in [2.24, 2.45) is 5.73 Å². The van der Waals surface area contributed by atoms with Gasteiger partial charge in [0, 0.05) is 6.04 Å². The van der Waals surface area contributed by atoms with Crippen LogP contribution in [-0.4, -0.2) is 37.7 Å². The summed E-state index contributed by atoms with van der Waals surface area (Å²) in [6.45, 7) is 2.22. The molecule has 1 fully saturated rings. The molecule has 0 saturated carbocycles. The Kier molecular flexibility index (Phi) is 5.80. The summed E-state index contributed by atoms with van der Waals surface area (Å²) < 4.78 is 19.6. The molecule has 0 aromatic heterocycles. The number of piperidine rings is 1. The lowest BCUT2D eigenvalue weighted by Gasteiger charge is -2.32. The Labute approximate surface area is 120 Å². The number of likely N-dealkylation sites (tertiary alicyclic amines) is 1. The summed E-state index contributed by atoms with van der Waals surface area (Å²) in [5.74, 6) is 0.101. The topological polar surface area (TPSA) is 38.5 Å². The van der Waals surface area contributed by atoms with Crippen molar-refractivity contribution < 1.29 is 9.13 Å². The van der Waals surface area contributed by atoms with Gasteiger partial charge in [0.25, 0.3) is 0 Å². The fourth-order valence-corrected chi connectivity index (χ4v) is 2.87. The molecule has 1 heterocycles. The molecule has 0 spiro atoms. The third kappa shape index (κ3) is 3.93. The van der Waals surface area contributed by atoms with Gasteiger partial charge in [-0.3, -0.25) is 0 Å². The van der Waals surface area contributed by atoms with E-state index in [4.69, 9.17) is 10.5 Å². The molecule has 2 N–H and O–H groups in total. The van der Waals surface area contributed by atoms with Crippen molar-refractivity contribution in [2.45, 2.75) is 38.1 Å². The minimum absolute atomic E-state index is 0.284. The van der Waals surface area contributed by atoms with Crippen LogP contribution in [0.25, 0.3) is 0 Å². The molecule has 112 valence electrons. The lowest BCUT2D eigenvalue weighted by Crippen LogP contribution is -2.37. The average molecular weight is 280 g/mol. The Bertz CT molecular complexity index is 425. The van der Waals surface area contributed by atoms with Crippen LogP contribution in [0.2, 0.25) is 0 Å². The first-order chi connectivity index (χ1) is 9.72. The second kappa shape index (κ2) is 7.60. The Hall–Kier alpha value is -1.13. The molecule has 1 saturated heterocycles. The quantitative estimate of drug-likeness (QED) is 0.870. The zero-order chi connectivity index (χ0) is 14.4. The van der Waals surface area contributed by atoms with E-state index in [9.17, 15) is 4.39 Å². The van der Waals surface area contributed by atoms with Gasteiger partial charge < -0.3 is 15.4 Å². The molecule has 1 aliphatic rings. The van der Waals surface area contributed by atoms with Gasteiger partial charge in [-0.1, -0.05) is 18.6 Å². The van der Waals surface area contributed by atoms with Gasteiger partial charge in [-0.2, -0.15) is 0 Å². The molecule has 20 heavy (non-hydrogen) atoms. The minimum atomic E-state index is -0.284. The Morgan fingerprint density at radius 3 is 3.00 bits per heavy atom. The van der Waals surface area contributed by atoms with E-state index in [1.807, 2.05) is 6.07 Å². The Balaban J connectivity index is 1.90. The maximum absolute atomic E-state index is 13.8. The van der Waals surface area contributed by atoms with Crippen molar-refractivity contribution in [2.75, 3.05) is 26.7 Å². The summed E-state index contributed by atoms with van der Waals surface area (Å²) >= 11 is 0.